The number of hydrogen-bond acceptors (Lipinski definition) is 5. The molecule has 0 atom stereocenters. The molecule has 0 radical (unpaired) electrons. The molecule has 0 saturated carbocycles. The first-order chi connectivity index (χ1) is 15.4. The molecule has 0 aromatic heterocycles. The van der Waals surface area contributed by atoms with Gasteiger partial charge in [0.15, 0.2) is 11.7 Å². The average molecular weight is 452 g/mol. The lowest BCUT2D eigenvalue weighted by Gasteiger charge is -2.14. The van der Waals surface area contributed by atoms with Gasteiger partial charge in [-0.25, -0.2) is 0 Å². The molecule has 166 valence electrons. The van der Waals surface area contributed by atoms with Crippen LogP contribution in [0.2, 0.25) is 0 Å². The first-order valence-corrected chi connectivity index (χ1v) is 10.6. The van der Waals surface area contributed by atoms with Crippen LogP contribution in [0.15, 0.2) is 66.7 Å². The van der Waals surface area contributed by atoms with Gasteiger partial charge < -0.3 is 9.47 Å². The van der Waals surface area contributed by atoms with Gasteiger partial charge in [0.1, 0.15) is 11.5 Å². The van der Waals surface area contributed by atoms with Crippen LogP contribution in [0.4, 0.5) is 0 Å². The van der Waals surface area contributed by atoms with E-state index in [1.807, 2.05) is 50.2 Å². The second-order valence-corrected chi connectivity index (χ2v) is 7.86. The number of thiocarbonyl (C=S) groups is 1. The third kappa shape index (κ3) is 6.68. The Morgan fingerprint density at radius 3 is 2.41 bits per heavy atom. The lowest BCUT2D eigenvalue weighted by Crippen LogP contribution is -2.49. The van der Waals surface area contributed by atoms with Crippen LogP contribution in [-0.4, -0.2) is 30.1 Å². The highest BCUT2D eigenvalue weighted by Crippen LogP contribution is 2.20. The Morgan fingerprint density at radius 1 is 0.906 bits per heavy atom. The number of fused-ring (bicyclic) bond motifs is 1. The summed E-state index contributed by atoms with van der Waals surface area (Å²) < 4.78 is 11.2. The monoisotopic (exact) mass is 451 g/mol. The number of hydrogen-bond donors (Lipinski definition) is 3. The molecule has 3 aromatic carbocycles. The molecule has 0 aliphatic rings. The minimum Gasteiger partial charge on any atom is -0.492 e. The topological polar surface area (TPSA) is 88.7 Å². The van der Waals surface area contributed by atoms with Gasteiger partial charge in [-0.1, -0.05) is 56.3 Å². The maximum Gasteiger partial charge on any atom is 0.276 e. The first-order valence-electron chi connectivity index (χ1n) is 10.2. The van der Waals surface area contributed by atoms with E-state index >= 15 is 0 Å². The average Bonchev–Trinajstić information content (AvgIpc) is 2.80. The van der Waals surface area contributed by atoms with Gasteiger partial charge in [-0.2, -0.15) is 0 Å². The summed E-state index contributed by atoms with van der Waals surface area (Å²) in [5.41, 5.74) is 5.25. The summed E-state index contributed by atoms with van der Waals surface area (Å²) in [7, 11) is 0. The minimum absolute atomic E-state index is 0.0484. The summed E-state index contributed by atoms with van der Waals surface area (Å²) in [6.45, 7) is 4.32. The summed E-state index contributed by atoms with van der Waals surface area (Å²) in [6, 6.07) is 20.3. The number of hydrazine groups is 1. The van der Waals surface area contributed by atoms with Crippen molar-refractivity contribution >= 4 is 39.9 Å². The number of amides is 2. The van der Waals surface area contributed by atoms with Crippen molar-refractivity contribution < 1.29 is 19.1 Å². The smallest absolute Gasteiger partial charge is 0.276 e. The zero-order chi connectivity index (χ0) is 22.9. The zero-order valence-electron chi connectivity index (χ0n) is 17.9. The summed E-state index contributed by atoms with van der Waals surface area (Å²) >= 11 is 5.09. The molecule has 8 heteroatoms. The van der Waals surface area contributed by atoms with Crippen molar-refractivity contribution in [2.45, 2.75) is 13.8 Å². The molecule has 0 aliphatic carbocycles. The van der Waals surface area contributed by atoms with E-state index in [9.17, 15) is 9.59 Å². The van der Waals surface area contributed by atoms with Gasteiger partial charge in [0.25, 0.3) is 11.8 Å². The normalized spacial score (nSPS) is 10.5. The quantitative estimate of drug-likeness (QED) is 0.376. The number of para-hydroxylation sites is 1. The van der Waals surface area contributed by atoms with Crippen LogP contribution in [-0.2, 0) is 4.79 Å². The predicted molar refractivity (Wildman–Crippen MR) is 128 cm³/mol. The fourth-order valence-electron chi connectivity index (χ4n) is 2.81. The van der Waals surface area contributed by atoms with E-state index in [1.165, 1.54) is 0 Å². The number of nitrogens with one attached hydrogen (secondary N) is 3. The Kier molecular flexibility index (Phi) is 7.99. The number of ether oxygens (including phenoxy) is 2. The Hall–Kier alpha value is -3.65. The van der Waals surface area contributed by atoms with Crippen molar-refractivity contribution in [3.63, 3.8) is 0 Å². The first kappa shape index (κ1) is 23.0. The number of carbonyl (C=O) groups excluding carboxylic acids is 2. The molecule has 0 unspecified atom stereocenters. The van der Waals surface area contributed by atoms with Gasteiger partial charge >= 0.3 is 0 Å². The van der Waals surface area contributed by atoms with E-state index in [2.05, 4.69) is 16.2 Å². The SMILES string of the molecule is CC(C)COc1ccccc1C(=O)NC(=S)NNC(=O)COc1ccc2ccccc2c1. The Labute approximate surface area is 192 Å². The van der Waals surface area contributed by atoms with E-state index in [0.717, 1.165) is 10.8 Å². The molecular formula is C24H25N3O4S. The molecular weight excluding hydrogens is 426 g/mol. The van der Waals surface area contributed by atoms with Crippen LogP contribution in [0.25, 0.3) is 10.8 Å². The Morgan fingerprint density at radius 2 is 1.62 bits per heavy atom. The maximum absolute atomic E-state index is 12.5. The second kappa shape index (κ2) is 11.1. The summed E-state index contributed by atoms with van der Waals surface area (Å²) in [5.74, 6) is 0.474. The minimum atomic E-state index is -0.449. The molecule has 0 spiro atoms. The van der Waals surface area contributed by atoms with E-state index in [-0.39, 0.29) is 11.7 Å². The lowest BCUT2D eigenvalue weighted by atomic mass is 10.1. The molecule has 3 rings (SSSR count). The Bertz CT molecular complexity index is 1120. The molecule has 3 aromatic rings. The Balaban J connectivity index is 1.46. The van der Waals surface area contributed by atoms with Crippen molar-refractivity contribution in [1.29, 1.82) is 0 Å². The largest absolute Gasteiger partial charge is 0.492 e. The van der Waals surface area contributed by atoms with Crippen LogP contribution in [0, 0.1) is 5.92 Å². The molecule has 2 amide bonds. The van der Waals surface area contributed by atoms with Gasteiger partial charge in [-0.3, -0.25) is 25.8 Å². The third-order valence-corrected chi connectivity index (χ3v) is 4.54. The number of benzene rings is 3. The lowest BCUT2D eigenvalue weighted by molar-refractivity contribution is -0.123. The van der Waals surface area contributed by atoms with Gasteiger partial charge in [0, 0.05) is 0 Å². The van der Waals surface area contributed by atoms with E-state index in [0.29, 0.717) is 29.6 Å². The molecule has 7 nitrogen and oxygen atoms in total. The molecule has 0 aliphatic heterocycles. The van der Waals surface area contributed by atoms with Gasteiger partial charge in [-0.15, -0.1) is 0 Å². The van der Waals surface area contributed by atoms with E-state index in [4.69, 9.17) is 21.7 Å². The fourth-order valence-corrected chi connectivity index (χ4v) is 2.95. The maximum atomic E-state index is 12.5. The van der Waals surface area contributed by atoms with Crippen molar-refractivity contribution in [3.05, 3.63) is 72.3 Å². The summed E-state index contributed by atoms with van der Waals surface area (Å²) in [6.07, 6.45) is 0. The highest BCUT2D eigenvalue weighted by molar-refractivity contribution is 7.80. The highest BCUT2D eigenvalue weighted by Gasteiger charge is 2.14. The molecule has 0 saturated heterocycles. The standard InChI is InChI=1S/C24H25N3O4S/c1-16(2)14-31-21-10-6-5-9-20(21)23(29)25-24(32)27-26-22(28)15-30-19-12-11-17-7-3-4-8-18(17)13-19/h3-13,16H,14-15H2,1-2H3,(H,26,28)(H2,25,27,29,32). The van der Waals surface area contributed by atoms with Crippen LogP contribution < -0.4 is 25.6 Å². The van der Waals surface area contributed by atoms with Crippen molar-refractivity contribution in [2.75, 3.05) is 13.2 Å². The van der Waals surface area contributed by atoms with Gasteiger partial charge in [0.2, 0.25) is 0 Å². The van der Waals surface area contributed by atoms with Crippen molar-refractivity contribution in [2.24, 2.45) is 5.92 Å². The molecule has 0 heterocycles. The van der Waals surface area contributed by atoms with Gasteiger partial charge in [0.05, 0.1) is 12.2 Å². The van der Waals surface area contributed by atoms with Crippen LogP contribution >= 0.6 is 12.2 Å². The molecule has 32 heavy (non-hydrogen) atoms. The summed E-state index contributed by atoms with van der Waals surface area (Å²) in [5, 5.41) is 4.58. The number of carbonyl (C=O) groups is 2. The van der Waals surface area contributed by atoms with Gasteiger partial charge in [-0.05, 0) is 53.2 Å². The van der Waals surface area contributed by atoms with E-state index < -0.39 is 11.8 Å². The van der Waals surface area contributed by atoms with E-state index in [1.54, 1.807) is 30.3 Å². The number of rotatable bonds is 7. The highest BCUT2D eigenvalue weighted by atomic mass is 32.1. The van der Waals surface area contributed by atoms with Crippen molar-refractivity contribution in [3.8, 4) is 11.5 Å². The third-order valence-electron chi connectivity index (χ3n) is 4.34. The van der Waals surface area contributed by atoms with Crippen molar-refractivity contribution in [1.82, 2.24) is 16.2 Å². The zero-order valence-corrected chi connectivity index (χ0v) is 18.7. The van der Waals surface area contributed by atoms with Crippen LogP contribution in [0.1, 0.15) is 24.2 Å². The molecule has 3 N–H and O–H groups in total. The fraction of sp³-hybridized carbons (Fsp3) is 0.208. The predicted octanol–water partition coefficient (Wildman–Crippen LogP) is 3.59. The molecule has 0 bridgehead atoms. The molecule has 0 fully saturated rings. The second-order valence-electron chi connectivity index (χ2n) is 7.46. The summed E-state index contributed by atoms with van der Waals surface area (Å²) in [4.78, 5) is 24.6. The van der Waals surface area contributed by atoms with Crippen LogP contribution in [0.3, 0.4) is 0 Å². The van der Waals surface area contributed by atoms with Crippen LogP contribution in [0.5, 0.6) is 11.5 Å².